The van der Waals surface area contributed by atoms with Crippen molar-refractivity contribution >= 4 is 23.7 Å². The maximum atomic E-state index is 11.7. The summed E-state index contributed by atoms with van der Waals surface area (Å²) in [6, 6.07) is 9.18. The van der Waals surface area contributed by atoms with Crippen LogP contribution in [0.4, 0.5) is 0 Å². The number of hydrogen-bond donors (Lipinski definition) is 1. The summed E-state index contributed by atoms with van der Waals surface area (Å²) in [6.45, 7) is -0.139. The Morgan fingerprint density at radius 1 is 1.21 bits per heavy atom. The van der Waals surface area contributed by atoms with E-state index in [9.17, 15) is 14.4 Å². The quantitative estimate of drug-likeness (QED) is 0.618. The molecule has 0 aliphatic carbocycles. The molecule has 0 aliphatic rings. The SMILES string of the molecule is CNC(=O)CN(C)C(=O)C(=O)/C=C/c1ccccc1. The van der Waals surface area contributed by atoms with Crippen molar-refractivity contribution in [3.05, 3.63) is 42.0 Å². The van der Waals surface area contributed by atoms with E-state index in [-0.39, 0.29) is 12.5 Å². The van der Waals surface area contributed by atoms with E-state index >= 15 is 0 Å². The monoisotopic (exact) mass is 260 g/mol. The van der Waals surface area contributed by atoms with Crippen molar-refractivity contribution in [3.63, 3.8) is 0 Å². The van der Waals surface area contributed by atoms with Gasteiger partial charge in [-0.05, 0) is 11.6 Å². The molecule has 5 heteroatoms. The van der Waals surface area contributed by atoms with E-state index < -0.39 is 11.7 Å². The Bertz CT molecular complexity index is 495. The summed E-state index contributed by atoms with van der Waals surface area (Å²) in [5.74, 6) is -1.69. The number of amides is 2. The maximum Gasteiger partial charge on any atom is 0.294 e. The number of rotatable bonds is 5. The maximum absolute atomic E-state index is 11.7. The lowest BCUT2D eigenvalue weighted by Gasteiger charge is -2.13. The molecule has 0 spiro atoms. The molecular weight excluding hydrogens is 244 g/mol. The summed E-state index contributed by atoms with van der Waals surface area (Å²) >= 11 is 0. The summed E-state index contributed by atoms with van der Waals surface area (Å²) in [5.41, 5.74) is 0.831. The van der Waals surface area contributed by atoms with Gasteiger partial charge in [-0.3, -0.25) is 14.4 Å². The molecule has 1 rings (SSSR count). The van der Waals surface area contributed by atoms with E-state index in [1.165, 1.54) is 20.2 Å². The number of carbonyl (C=O) groups excluding carboxylic acids is 3. The van der Waals surface area contributed by atoms with E-state index in [0.717, 1.165) is 10.5 Å². The molecule has 0 saturated heterocycles. The Balaban J connectivity index is 2.60. The average molecular weight is 260 g/mol. The molecule has 1 aromatic rings. The molecule has 0 fully saturated rings. The molecule has 0 radical (unpaired) electrons. The smallest absolute Gasteiger partial charge is 0.294 e. The summed E-state index contributed by atoms with van der Waals surface area (Å²) < 4.78 is 0. The van der Waals surface area contributed by atoms with E-state index in [0.29, 0.717) is 0 Å². The van der Waals surface area contributed by atoms with Crippen LogP contribution in [0.2, 0.25) is 0 Å². The molecule has 1 N–H and O–H groups in total. The largest absolute Gasteiger partial charge is 0.358 e. The molecule has 19 heavy (non-hydrogen) atoms. The second kappa shape index (κ2) is 7.10. The zero-order valence-corrected chi connectivity index (χ0v) is 10.9. The summed E-state index contributed by atoms with van der Waals surface area (Å²) in [6.07, 6.45) is 2.77. The second-order valence-electron chi connectivity index (χ2n) is 3.94. The molecular formula is C14H16N2O3. The minimum absolute atomic E-state index is 0.139. The number of carbonyl (C=O) groups is 3. The predicted octanol–water partition coefficient (Wildman–Crippen LogP) is 0.473. The Morgan fingerprint density at radius 3 is 2.42 bits per heavy atom. The zero-order valence-electron chi connectivity index (χ0n) is 10.9. The second-order valence-corrected chi connectivity index (χ2v) is 3.94. The normalized spacial score (nSPS) is 10.2. The van der Waals surface area contributed by atoms with E-state index in [2.05, 4.69) is 5.32 Å². The van der Waals surface area contributed by atoms with E-state index in [1.54, 1.807) is 6.08 Å². The van der Waals surface area contributed by atoms with Gasteiger partial charge in [-0.15, -0.1) is 0 Å². The first-order valence-corrected chi connectivity index (χ1v) is 5.77. The number of nitrogens with one attached hydrogen (secondary N) is 1. The minimum atomic E-state index is -0.712. The summed E-state index contributed by atoms with van der Waals surface area (Å²) in [4.78, 5) is 35.5. The molecule has 0 saturated carbocycles. The lowest BCUT2D eigenvalue weighted by atomic mass is 10.2. The van der Waals surface area contributed by atoms with E-state index in [4.69, 9.17) is 0 Å². The Hall–Kier alpha value is -2.43. The minimum Gasteiger partial charge on any atom is -0.358 e. The van der Waals surface area contributed by atoms with Gasteiger partial charge in [0.2, 0.25) is 11.7 Å². The van der Waals surface area contributed by atoms with Gasteiger partial charge in [0.05, 0.1) is 6.54 Å². The lowest BCUT2D eigenvalue weighted by molar-refractivity contribution is -0.142. The van der Waals surface area contributed by atoms with Gasteiger partial charge in [0.15, 0.2) is 0 Å². The number of benzene rings is 1. The van der Waals surface area contributed by atoms with Crippen molar-refractivity contribution in [2.75, 3.05) is 20.6 Å². The van der Waals surface area contributed by atoms with Gasteiger partial charge in [-0.2, -0.15) is 0 Å². The topological polar surface area (TPSA) is 66.5 Å². The van der Waals surface area contributed by atoms with Gasteiger partial charge >= 0.3 is 0 Å². The van der Waals surface area contributed by atoms with Crippen LogP contribution >= 0.6 is 0 Å². The molecule has 1 aromatic carbocycles. The molecule has 100 valence electrons. The molecule has 0 bridgehead atoms. The Labute approximate surface area is 111 Å². The fourth-order valence-corrected chi connectivity index (χ4v) is 1.36. The van der Waals surface area contributed by atoms with Crippen LogP contribution < -0.4 is 5.32 Å². The number of hydrogen-bond acceptors (Lipinski definition) is 3. The summed E-state index contributed by atoms with van der Waals surface area (Å²) in [7, 11) is 2.88. The average Bonchev–Trinajstić information content (AvgIpc) is 2.44. The van der Waals surface area contributed by atoms with E-state index in [1.807, 2.05) is 30.3 Å². The zero-order chi connectivity index (χ0) is 14.3. The van der Waals surface area contributed by atoms with Crippen molar-refractivity contribution in [3.8, 4) is 0 Å². The van der Waals surface area contributed by atoms with Crippen LogP contribution in [-0.2, 0) is 14.4 Å². The first-order chi connectivity index (χ1) is 9.04. The van der Waals surface area contributed by atoms with Crippen LogP contribution in [-0.4, -0.2) is 43.1 Å². The Morgan fingerprint density at radius 2 is 1.84 bits per heavy atom. The molecule has 5 nitrogen and oxygen atoms in total. The molecule has 0 unspecified atom stereocenters. The van der Waals surface area contributed by atoms with Crippen LogP contribution in [0.1, 0.15) is 5.56 Å². The number of ketones is 1. The molecule has 0 heterocycles. The van der Waals surface area contributed by atoms with Crippen molar-refractivity contribution < 1.29 is 14.4 Å². The molecule has 0 aliphatic heterocycles. The van der Waals surface area contributed by atoms with Gasteiger partial charge in [-0.25, -0.2) is 0 Å². The van der Waals surface area contributed by atoms with Gasteiger partial charge < -0.3 is 10.2 Å². The van der Waals surface area contributed by atoms with Gasteiger partial charge in [0, 0.05) is 14.1 Å². The van der Waals surface area contributed by atoms with Crippen molar-refractivity contribution in [1.82, 2.24) is 10.2 Å². The first-order valence-electron chi connectivity index (χ1n) is 5.77. The highest BCUT2D eigenvalue weighted by Gasteiger charge is 2.17. The molecule has 0 atom stereocenters. The lowest BCUT2D eigenvalue weighted by Crippen LogP contribution is -2.39. The van der Waals surface area contributed by atoms with Crippen molar-refractivity contribution in [2.24, 2.45) is 0 Å². The van der Waals surface area contributed by atoms with Crippen molar-refractivity contribution in [1.29, 1.82) is 0 Å². The van der Waals surface area contributed by atoms with Crippen LogP contribution in [0.25, 0.3) is 6.08 Å². The number of nitrogens with zero attached hydrogens (tertiary/aromatic N) is 1. The highest BCUT2D eigenvalue weighted by Crippen LogP contribution is 2.01. The van der Waals surface area contributed by atoms with Crippen LogP contribution in [0, 0.1) is 0 Å². The first kappa shape index (κ1) is 14.6. The van der Waals surface area contributed by atoms with Gasteiger partial charge in [-0.1, -0.05) is 36.4 Å². The van der Waals surface area contributed by atoms with Crippen LogP contribution in [0.15, 0.2) is 36.4 Å². The standard InChI is InChI=1S/C14H16N2O3/c1-15-13(18)10-16(2)14(19)12(17)9-8-11-6-4-3-5-7-11/h3-9H,10H2,1-2H3,(H,15,18)/b9-8+. The fourth-order valence-electron chi connectivity index (χ4n) is 1.36. The molecule has 2 amide bonds. The van der Waals surface area contributed by atoms with Crippen LogP contribution in [0.3, 0.4) is 0 Å². The third-order valence-corrected chi connectivity index (χ3v) is 2.44. The predicted molar refractivity (Wildman–Crippen MR) is 72.2 cm³/mol. The Kier molecular flexibility index (Phi) is 5.47. The highest BCUT2D eigenvalue weighted by atomic mass is 16.2. The fraction of sp³-hybridized carbons (Fsp3) is 0.214. The number of likely N-dealkylation sites (N-methyl/N-ethyl adjacent to an activating group) is 2. The van der Waals surface area contributed by atoms with Crippen molar-refractivity contribution in [2.45, 2.75) is 0 Å². The third-order valence-electron chi connectivity index (χ3n) is 2.44. The van der Waals surface area contributed by atoms with Crippen LogP contribution in [0.5, 0.6) is 0 Å². The van der Waals surface area contributed by atoms with Gasteiger partial charge in [0.25, 0.3) is 5.91 Å². The highest BCUT2D eigenvalue weighted by molar-refractivity contribution is 6.41. The molecule has 0 aromatic heterocycles. The third kappa shape index (κ3) is 4.75. The van der Waals surface area contributed by atoms with Gasteiger partial charge in [0.1, 0.15) is 0 Å². The summed E-state index contributed by atoms with van der Waals surface area (Å²) in [5, 5.41) is 2.39.